The van der Waals surface area contributed by atoms with Gasteiger partial charge in [-0.25, -0.2) is 0 Å². The number of hydrogen-bond acceptors (Lipinski definition) is 6. The van der Waals surface area contributed by atoms with Crippen LogP contribution in [0, 0.1) is 22.0 Å². The number of ether oxygens (including phenoxy) is 2. The van der Waals surface area contributed by atoms with Crippen LogP contribution in [0.4, 0.5) is 0 Å². The number of nitro groups is 1. The Balaban J connectivity index is 1.82. The van der Waals surface area contributed by atoms with Gasteiger partial charge in [0.2, 0.25) is 6.04 Å². The van der Waals surface area contributed by atoms with E-state index in [0.717, 1.165) is 11.3 Å². The third kappa shape index (κ3) is 4.40. The predicted octanol–water partition coefficient (Wildman–Crippen LogP) is 1.24. The second-order valence-corrected chi connectivity index (χ2v) is 5.87. The van der Waals surface area contributed by atoms with E-state index in [1.165, 1.54) is 0 Å². The Morgan fingerprint density at radius 1 is 1.35 bits per heavy atom. The summed E-state index contributed by atoms with van der Waals surface area (Å²) >= 11 is 0. The number of methoxy groups -OCH3 is 1. The van der Waals surface area contributed by atoms with Crippen LogP contribution in [0.15, 0.2) is 24.3 Å². The lowest BCUT2D eigenvalue weighted by atomic mass is 9.91. The molecule has 1 saturated carbocycles. The van der Waals surface area contributed by atoms with Gasteiger partial charge in [-0.3, -0.25) is 10.1 Å². The van der Waals surface area contributed by atoms with Gasteiger partial charge in [0.1, 0.15) is 11.9 Å². The molecule has 0 amide bonds. The van der Waals surface area contributed by atoms with Crippen LogP contribution in [0.25, 0.3) is 0 Å². The number of aliphatic hydroxyl groups is 2. The summed E-state index contributed by atoms with van der Waals surface area (Å²) in [4.78, 5) is 10.7. The topological polar surface area (TPSA) is 102 Å². The van der Waals surface area contributed by atoms with Gasteiger partial charge >= 0.3 is 0 Å². The maximum absolute atomic E-state index is 11.1. The fourth-order valence-corrected chi connectivity index (χ4v) is 3.23. The highest BCUT2D eigenvalue weighted by molar-refractivity contribution is 5.26. The molecule has 7 nitrogen and oxygen atoms in total. The first-order valence-corrected chi connectivity index (χ1v) is 7.70. The van der Waals surface area contributed by atoms with Gasteiger partial charge in [0.15, 0.2) is 0 Å². The molecule has 2 rings (SSSR count). The molecule has 0 heterocycles. The molecule has 2 unspecified atom stereocenters. The number of rotatable bonds is 8. The van der Waals surface area contributed by atoms with Crippen molar-refractivity contribution >= 4 is 0 Å². The zero-order chi connectivity index (χ0) is 16.8. The standard InChI is InChI=1S/C16H23NO6/c1-22-13-4-2-11(3-5-13)10-23-7-6-14-12(9-18)8-15(19)16(14)17(20)21/h2-5,12,14-16,18-19H,6-10H2,1H3/t12-,14+,15?,16?/m0/s1. The van der Waals surface area contributed by atoms with E-state index in [0.29, 0.717) is 19.6 Å². The SMILES string of the molecule is COc1ccc(COCC[C@H]2C([N+](=O)[O-])C(O)C[C@H]2CO)cc1. The van der Waals surface area contributed by atoms with E-state index >= 15 is 0 Å². The van der Waals surface area contributed by atoms with Gasteiger partial charge in [-0.2, -0.15) is 0 Å². The van der Waals surface area contributed by atoms with E-state index in [9.17, 15) is 20.3 Å². The molecule has 7 heteroatoms. The molecule has 1 aromatic rings. The van der Waals surface area contributed by atoms with Gasteiger partial charge in [-0.15, -0.1) is 0 Å². The Hall–Kier alpha value is -1.70. The molecule has 128 valence electrons. The van der Waals surface area contributed by atoms with Crippen molar-refractivity contribution in [1.29, 1.82) is 0 Å². The fraction of sp³-hybridized carbons (Fsp3) is 0.625. The first-order valence-electron chi connectivity index (χ1n) is 7.70. The van der Waals surface area contributed by atoms with Crippen LogP contribution in [0.3, 0.4) is 0 Å². The molecule has 2 N–H and O–H groups in total. The average Bonchev–Trinajstić information content (AvgIpc) is 2.88. The molecule has 23 heavy (non-hydrogen) atoms. The van der Waals surface area contributed by atoms with Crippen molar-refractivity contribution < 1.29 is 24.6 Å². The summed E-state index contributed by atoms with van der Waals surface area (Å²) in [6.07, 6.45) is -0.274. The van der Waals surface area contributed by atoms with Crippen LogP contribution in [0.1, 0.15) is 18.4 Å². The summed E-state index contributed by atoms with van der Waals surface area (Å²) in [7, 11) is 1.60. The molecule has 0 spiro atoms. The molecule has 1 aliphatic carbocycles. The molecule has 0 bridgehead atoms. The number of nitrogens with zero attached hydrogens (tertiary/aromatic N) is 1. The maximum atomic E-state index is 11.1. The first kappa shape index (κ1) is 17.7. The minimum atomic E-state index is -1.02. The number of benzene rings is 1. The molecule has 1 aromatic carbocycles. The Kier molecular flexibility index (Phi) is 6.32. The zero-order valence-corrected chi connectivity index (χ0v) is 13.1. The maximum Gasteiger partial charge on any atom is 0.241 e. The van der Waals surface area contributed by atoms with Crippen LogP contribution >= 0.6 is 0 Å². The summed E-state index contributed by atoms with van der Waals surface area (Å²) in [6.45, 7) is 0.612. The summed E-state index contributed by atoms with van der Waals surface area (Å²) in [5.74, 6) is 0.166. The second kappa shape index (κ2) is 8.24. The van der Waals surface area contributed by atoms with Gasteiger partial charge in [0.05, 0.1) is 13.7 Å². The smallest absolute Gasteiger partial charge is 0.241 e. The van der Waals surface area contributed by atoms with Crippen molar-refractivity contribution in [2.24, 2.45) is 11.8 Å². The molecule has 1 fully saturated rings. The van der Waals surface area contributed by atoms with Gasteiger partial charge in [-0.05, 0) is 36.5 Å². The largest absolute Gasteiger partial charge is 0.497 e. The van der Waals surface area contributed by atoms with E-state index in [2.05, 4.69) is 0 Å². The average molecular weight is 325 g/mol. The van der Waals surface area contributed by atoms with E-state index in [1.54, 1.807) is 7.11 Å². The van der Waals surface area contributed by atoms with Crippen LogP contribution < -0.4 is 4.74 Å². The van der Waals surface area contributed by atoms with E-state index in [4.69, 9.17) is 9.47 Å². The fourth-order valence-electron chi connectivity index (χ4n) is 3.23. The van der Waals surface area contributed by atoms with Gasteiger partial charge in [0.25, 0.3) is 0 Å². The molecule has 0 saturated heterocycles. The Morgan fingerprint density at radius 2 is 2.04 bits per heavy atom. The van der Waals surface area contributed by atoms with E-state index < -0.39 is 17.1 Å². The molecule has 4 atom stereocenters. The highest BCUT2D eigenvalue weighted by Crippen LogP contribution is 2.36. The van der Waals surface area contributed by atoms with Crippen molar-refractivity contribution in [2.75, 3.05) is 20.3 Å². The lowest BCUT2D eigenvalue weighted by Gasteiger charge is -2.18. The quantitative estimate of drug-likeness (QED) is 0.423. The monoisotopic (exact) mass is 325 g/mol. The van der Waals surface area contributed by atoms with Crippen LogP contribution in [0.2, 0.25) is 0 Å². The molecule has 0 aliphatic heterocycles. The summed E-state index contributed by atoms with van der Waals surface area (Å²) in [5, 5.41) is 30.3. The van der Waals surface area contributed by atoms with Crippen LogP contribution in [-0.4, -0.2) is 47.6 Å². The van der Waals surface area contributed by atoms with Crippen molar-refractivity contribution in [3.8, 4) is 5.75 Å². The Bertz CT molecular complexity index is 506. The summed E-state index contributed by atoms with van der Waals surface area (Å²) in [6, 6.07) is 6.47. The molecule has 0 aromatic heterocycles. The third-order valence-electron chi connectivity index (χ3n) is 4.48. The van der Waals surface area contributed by atoms with Crippen molar-refractivity contribution in [1.82, 2.24) is 0 Å². The minimum Gasteiger partial charge on any atom is -0.497 e. The Labute approximate surface area is 135 Å². The molecule has 1 aliphatic rings. The second-order valence-electron chi connectivity index (χ2n) is 5.87. The normalized spacial score (nSPS) is 27.1. The molecular formula is C16H23NO6. The molecule has 0 radical (unpaired) electrons. The van der Waals surface area contributed by atoms with Crippen molar-refractivity contribution in [3.63, 3.8) is 0 Å². The van der Waals surface area contributed by atoms with Crippen molar-refractivity contribution in [3.05, 3.63) is 39.9 Å². The van der Waals surface area contributed by atoms with E-state index in [-0.39, 0.29) is 24.9 Å². The van der Waals surface area contributed by atoms with E-state index in [1.807, 2.05) is 24.3 Å². The zero-order valence-electron chi connectivity index (χ0n) is 13.1. The third-order valence-corrected chi connectivity index (χ3v) is 4.48. The summed E-state index contributed by atoms with van der Waals surface area (Å²) < 4.78 is 10.7. The summed E-state index contributed by atoms with van der Waals surface area (Å²) in [5.41, 5.74) is 0.988. The number of aliphatic hydroxyl groups excluding tert-OH is 2. The highest BCUT2D eigenvalue weighted by atomic mass is 16.6. The lowest BCUT2D eigenvalue weighted by molar-refractivity contribution is -0.539. The van der Waals surface area contributed by atoms with Gasteiger partial charge < -0.3 is 19.7 Å². The number of hydrogen-bond donors (Lipinski definition) is 2. The van der Waals surface area contributed by atoms with Gasteiger partial charge in [0, 0.05) is 24.1 Å². The van der Waals surface area contributed by atoms with Crippen LogP contribution in [0.5, 0.6) is 5.75 Å². The van der Waals surface area contributed by atoms with Crippen molar-refractivity contribution in [2.45, 2.75) is 31.6 Å². The van der Waals surface area contributed by atoms with Gasteiger partial charge in [-0.1, -0.05) is 12.1 Å². The molecular weight excluding hydrogens is 302 g/mol. The van der Waals surface area contributed by atoms with Crippen LogP contribution in [-0.2, 0) is 11.3 Å². The lowest BCUT2D eigenvalue weighted by Crippen LogP contribution is -2.35. The minimum absolute atomic E-state index is 0.148. The Morgan fingerprint density at radius 3 is 2.61 bits per heavy atom. The predicted molar refractivity (Wildman–Crippen MR) is 82.7 cm³/mol. The highest BCUT2D eigenvalue weighted by Gasteiger charge is 2.49. The first-order chi connectivity index (χ1) is 11.1.